The zero-order chi connectivity index (χ0) is 13.6. The average molecular weight is 270 g/mol. The van der Waals surface area contributed by atoms with E-state index in [1.165, 1.54) is 11.8 Å². The molecule has 0 radical (unpaired) electrons. The van der Waals surface area contributed by atoms with E-state index in [4.69, 9.17) is 0 Å². The molecule has 2 N–H and O–H groups in total. The molecule has 3 rings (SSSR count). The molecule has 0 atom stereocenters. The second-order valence-corrected chi connectivity index (χ2v) is 5.45. The van der Waals surface area contributed by atoms with Crippen LogP contribution in [0.1, 0.15) is 5.56 Å². The van der Waals surface area contributed by atoms with Gasteiger partial charge in [0, 0.05) is 0 Å². The van der Waals surface area contributed by atoms with Crippen LogP contribution in [-0.2, 0) is 0 Å². The first-order chi connectivity index (χ1) is 9.11. The quantitative estimate of drug-likeness (QED) is 0.507. The highest BCUT2D eigenvalue weighted by Gasteiger charge is 2.09. The highest BCUT2D eigenvalue weighted by molar-refractivity contribution is 7.99. The number of rotatable bonds is 1. The Bertz CT molecular complexity index is 794. The molecule has 2 nitrogen and oxygen atoms in total. The first kappa shape index (κ1) is 12.2. The van der Waals surface area contributed by atoms with Crippen molar-refractivity contribution in [3.8, 4) is 11.5 Å². The monoisotopic (exact) mass is 270 g/mol. The third-order valence-electron chi connectivity index (χ3n) is 3.47. The molecule has 0 spiro atoms. The summed E-state index contributed by atoms with van der Waals surface area (Å²) >= 11 is 1.53. The molecular weight excluding hydrogens is 256 g/mol. The summed E-state index contributed by atoms with van der Waals surface area (Å²) in [6.07, 6.45) is 1.95. The molecule has 0 unspecified atom stereocenters. The predicted octanol–water partition coefficient (Wildman–Crippen LogP) is 4.43. The van der Waals surface area contributed by atoms with Crippen LogP contribution in [0.4, 0.5) is 0 Å². The highest BCUT2D eigenvalue weighted by atomic mass is 32.2. The van der Waals surface area contributed by atoms with Crippen LogP contribution in [0.25, 0.3) is 21.5 Å². The summed E-state index contributed by atoms with van der Waals surface area (Å²) in [6, 6.07) is 11.5. The molecule has 3 heteroatoms. The van der Waals surface area contributed by atoms with Crippen molar-refractivity contribution in [3.05, 3.63) is 42.0 Å². The Balaban J connectivity index is 2.50. The number of aryl methyl sites for hydroxylation is 1. The molecule has 0 aliphatic heterocycles. The minimum Gasteiger partial charge on any atom is -0.508 e. The molecule has 0 saturated heterocycles. The molecule has 0 heterocycles. The van der Waals surface area contributed by atoms with Crippen LogP contribution in [-0.4, -0.2) is 16.5 Å². The molecule has 0 aromatic heterocycles. The lowest BCUT2D eigenvalue weighted by molar-refractivity contribution is 0.464. The summed E-state index contributed by atoms with van der Waals surface area (Å²) in [5, 5.41) is 24.0. The molecule has 0 fully saturated rings. The Morgan fingerprint density at radius 1 is 0.842 bits per heavy atom. The van der Waals surface area contributed by atoms with Gasteiger partial charge in [-0.3, -0.25) is 0 Å². The number of aromatic hydroxyl groups is 2. The molecule has 19 heavy (non-hydrogen) atoms. The Hall–Kier alpha value is -1.87. The van der Waals surface area contributed by atoms with Crippen molar-refractivity contribution >= 4 is 33.3 Å². The number of fused-ring (bicyclic) bond motifs is 3. The number of benzene rings is 3. The summed E-state index contributed by atoms with van der Waals surface area (Å²) < 4.78 is 0. The van der Waals surface area contributed by atoms with Gasteiger partial charge in [-0.1, -0.05) is 12.1 Å². The largest absolute Gasteiger partial charge is 0.508 e. The Morgan fingerprint density at radius 2 is 1.58 bits per heavy atom. The normalized spacial score (nSPS) is 11.3. The number of thioether (sulfide) groups is 1. The van der Waals surface area contributed by atoms with Gasteiger partial charge < -0.3 is 10.2 Å². The van der Waals surface area contributed by atoms with Gasteiger partial charge in [0.15, 0.2) is 0 Å². The van der Waals surface area contributed by atoms with E-state index in [1.54, 1.807) is 12.1 Å². The zero-order valence-electron chi connectivity index (χ0n) is 10.8. The van der Waals surface area contributed by atoms with Crippen molar-refractivity contribution in [2.24, 2.45) is 0 Å². The third-order valence-corrected chi connectivity index (χ3v) is 4.30. The smallest absolute Gasteiger partial charge is 0.129 e. The molecular formula is C16H14O2S. The number of phenols is 2. The second kappa shape index (κ2) is 4.35. The van der Waals surface area contributed by atoms with Crippen LogP contribution in [0, 0.1) is 6.92 Å². The molecule has 0 amide bonds. The van der Waals surface area contributed by atoms with Gasteiger partial charge in [0.1, 0.15) is 11.5 Å². The summed E-state index contributed by atoms with van der Waals surface area (Å²) in [7, 11) is 0. The van der Waals surface area contributed by atoms with Crippen molar-refractivity contribution in [1.29, 1.82) is 0 Å². The molecule has 0 aliphatic rings. The van der Waals surface area contributed by atoms with E-state index < -0.39 is 0 Å². The second-order valence-electron chi connectivity index (χ2n) is 4.64. The SMILES string of the molecule is CSc1c(O)ccc2c1ccc1cc(C)c(O)cc12. The lowest BCUT2D eigenvalue weighted by Crippen LogP contribution is -1.83. The first-order valence-corrected chi connectivity index (χ1v) is 7.26. The van der Waals surface area contributed by atoms with E-state index >= 15 is 0 Å². The molecule has 3 aromatic carbocycles. The average Bonchev–Trinajstić information content (AvgIpc) is 2.40. The van der Waals surface area contributed by atoms with E-state index in [9.17, 15) is 10.2 Å². The Labute approximate surface area is 115 Å². The van der Waals surface area contributed by atoms with Crippen LogP contribution in [0.5, 0.6) is 11.5 Å². The van der Waals surface area contributed by atoms with Crippen molar-refractivity contribution in [1.82, 2.24) is 0 Å². The summed E-state index contributed by atoms with van der Waals surface area (Å²) in [5.41, 5.74) is 0.871. The van der Waals surface area contributed by atoms with Gasteiger partial charge in [-0.05, 0) is 64.6 Å². The minimum absolute atomic E-state index is 0.302. The Morgan fingerprint density at radius 3 is 2.32 bits per heavy atom. The van der Waals surface area contributed by atoms with Crippen molar-refractivity contribution in [2.75, 3.05) is 6.26 Å². The fourth-order valence-electron chi connectivity index (χ4n) is 2.47. The first-order valence-electron chi connectivity index (χ1n) is 6.04. The van der Waals surface area contributed by atoms with Gasteiger partial charge in [-0.15, -0.1) is 11.8 Å². The van der Waals surface area contributed by atoms with E-state index in [0.717, 1.165) is 32.0 Å². The standard InChI is InChI=1S/C16H14O2S/c1-9-7-10-3-4-12-11(13(10)8-15(9)18)5-6-14(17)16(12)19-2/h3-8,17-18H,1-2H3. The summed E-state index contributed by atoms with van der Waals surface area (Å²) in [6.45, 7) is 1.89. The highest BCUT2D eigenvalue weighted by Crippen LogP contribution is 2.38. The fourth-order valence-corrected chi connectivity index (χ4v) is 3.14. The maximum atomic E-state index is 9.91. The van der Waals surface area contributed by atoms with Gasteiger partial charge in [-0.2, -0.15) is 0 Å². The lowest BCUT2D eigenvalue weighted by atomic mass is 9.99. The fraction of sp³-hybridized carbons (Fsp3) is 0.125. The van der Waals surface area contributed by atoms with Gasteiger partial charge in [0.2, 0.25) is 0 Å². The van der Waals surface area contributed by atoms with Gasteiger partial charge in [-0.25, -0.2) is 0 Å². The number of hydrogen-bond donors (Lipinski definition) is 2. The van der Waals surface area contributed by atoms with E-state index in [-0.39, 0.29) is 0 Å². The van der Waals surface area contributed by atoms with Crippen LogP contribution in [0.3, 0.4) is 0 Å². The number of phenolic OH excluding ortho intramolecular Hbond substituents is 2. The van der Waals surface area contributed by atoms with Gasteiger partial charge >= 0.3 is 0 Å². The molecule has 0 bridgehead atoms. The van der Waals surface area contributed by atoms with Crippen molar-refractivity contribution in [2.45, 2.75) is 11.8 Å². The maximum absolute atomic E-state index is 9.91. The summed E-state index contributed by atoms with van der Waals surface area (Å²) in [5.74, 6) is 0.606. The minimum atomic E-state index is 0.302. The van der Waals surface area contributed by atoms with Gasteiger partial charge in [0.05, 0.1) is 4.90 Å². The molecule has 0 aliphatic carbocycles. The summed E-state index contributed by atoms with van der Waals surface area (Å²) in [4.78, 5) is 0.875. The van der Waals surface area contributed by atoms with Gasteiger partial charge in [0.25, 0.3) is 0 Å². The topological polar surface area (TPSA) is 40.5 Å². The predicted molar refractivity (Wildman–Crippen MR) is 81.3 cm³/mol. The number of hydrogen-bond acceptors (Lipinski definition) is 3. The van der Waals surface area contributed by atoms with Crippen LogP contribution in [0.15, 0.2) is 41.3 Å². The van der Waals surface area contributed by atoms with E-state index in [2.05, 4.69) is 0 Å². The van der Waals surface area contributed by atoms with E-state index in [1.807, 2.05) is 37.4 Å². The van der Waals surface area contributed by atoms with E-state index in [0.29, 0.717) is 11.5 Å². The Kier molecular flexibility index (Phi) is 2.79. The third kappa shape index (κ3) is 1.81. The maximum Gasteiger partial charge on any atom is 0.129 e. The molecule has 3 aromatic rings. The van der Waals surface area contributed by atoms with Crippen LogP contribution < -0.4 is 0 Å². The molecule has 96 valence electrons. The van der Waals surface area contributed by atoms with Crippen LogP contribution in [0.2, 0.25) is 0 Å². The zero-order valence-corrected chi connectivity index (χ0v) is 11.6. The van der Waals surface area contributed by atoms with Crippen molar-refractivity contribution < 1.29 is 10.2 Å². The lowest BCUT2D eigenvalue weighted by Gasteiger charge is -2.10. The van der Waals surface area contributed by atoms with Crippen molar-refractivity contribution in [3.63, 3.8) is 0 Å². The van der Waals surface area contributed by atoms with Crippen LogP contribution >= 0.6 is 11.8 Å². The molecule has 0 saturated carbocycles.